The normalized spacial score (nSPS) is 17.2. The lowest BCUT2D eigenvalue weighted by Crippen LogP contribution is -2.19. The van der Waals surface area contributed by atoms with Gasteiger partial charge >= 0.3 is 0 Å². The summed E-state index contributed by atoms with van der Waals surface area (Å²) < 4.78 is 19.3. The molecule has 1 atom stereocenters. The van der Waals surface area contributed by atoms with Crippen LogP contribution in [0.3, 0.4) is 0 Å². The minimum absolute atomic E-state index is 0.0314. The molecule has 2 N–H and O–H groups in total. The third kappa shape index (κ3) is 2.52. The molecule has 0 saturated heterocycles. The van der Waals surface area contributed by atoms with Crippen molar-refractivity contribution in [3.63, 3.8) is 0 Å². The van der Waals surface area contributed by atoms with Gasteiger partial charge < -0.3 is 10.5 Å². The smallest absolute Gasteiger partial charge is 0.142 e. The molecular formula is C17H17ClFNO. The SMILES string of the molecule is CC1(C)COc2ccc(C(N)c3ccc(Cl)c(F)c3)cc21. The number of fused-ring (bicyclic) bond motifs is 1. The monoisotopic (exact) mass is 305 g/mol. The Hall–Kier alpha value is -1.58. The highest BCUT2D eigenvalue weighted by atomic mass is 35.5. The summed E-state index contributed by atoms with van der Waals surface area (Å²) in [4.78, 5) is 0. The molecule has 4 heteroatoms. The molecule has 0 aliphatic carbocycles. The van der Waals surface area contributed by atoms with Crippen LogP contribution in [0.1, 0.15) is 36.6 Å². The maximum Gasteiger partial charge on any atom is 0.142 e. The Balaban J connectivity index is 1.99. The predicted octanol–water partition coefficient (Wildman–Crippen LogP) is 4.20. The van der Waals surface area contributed by atoms with Crippen LogP contribution in [-0.2, 0) is 5.41 Å². The zero-order valence-corrected chi connectivity index (χ0v) is 12.7. The number of halogens is 2. The van der Waals surface area contributed by atoms with E-state index in [9.17, 15) is 4.39 Å². The fourth-order valence-corrected chi connectivity index (χ4v) is 2.75. The number of nitrogens with two attached hydrogens (primary N) is 1. The molecule has 2 aromatic rings. The summed E-state index contributed by atoms with van der Waals surface area (Å²) in [5.74, 6) is 0.452. The molecule has 0 aromatic heterocycles. The largest absolute Gasteiger partial charge is 0.492 e. The van der Waals surface area contributed by atoms with Crippen LogP contribution < -0.4 is 10.5 Å². The molecule has 1 heterocycles. The summed E-state index contributed by atoms with van der Waals surface area (Å²) >= 11 is 5.71. The predicted molar refractivity (Wildman–Crippen MR) is 82.4 cm³/mol. The molecule has 0 spiro atoms. The topological polar surface area (TPSA) is 35.2 Å². The first-order chi connectivity index (χ1) is 9.88. The van der Waals surface area contributed by atoms with E-state index in [-0.39, 0.29) is 10.4 Å². The third-order valence-electron chi connectivity index (χ3n) is 3.98. The fraction of sp³-hybridized carbons (Fsp3) is 0.294. The molecule has 21 heavy (non-hydrogen) atoms. The fourth-order valence-electron chi connectivity index (χ4n) is 2.63. The molecule has 0 fully saturated rings. The number of benzene rings is 2. The maximum atomic E-state index is 13.6. The Labute approximate surface area is 128 Å². The van der Waals surface area contributed by atoms with Crippen LogP contribution in [0.5, 0.6) is 5.75 Å². The van der Waals surface area contributed by atoms with Crippen molar-refractivity contribution < 1.29 is 9.13 Å². The lowest BCUT2D eigenvalue weighted by Gasteiger charge is -2.18. The molecule has 0 radical (unpaired) electrons. The zero-order valence-electron chi connectivity index (χ0n) is 12.0. The van der Waals surface area contributed by atoms with E-state index in [1.165, 1.54) is 12.1 Å². The lowest BCUT2D eigenvalue weighted by atomic mass is 9.85. The van der Waals surface area contributed by atoms with Gasteiger partial charge in [0.15, 0.2) is 0 Å². The van der Waals surface area contributed by atoms with E-state index in [0.29, 0.717) is 12.2 Å². The summed E-state index contributed by atoms with van der Waals surface area (Å²) in [5, 5.41) is 0.106. The molecule has 1 aliphatic heterocycles. The minimum atomic E-state index is -0.450. The second-order valence-corrected chi connectivity index (χ2v) is 6.49. The van der Waals surface area contributed by atoms with Crippen molar-refractivity contribution >= 4 is 11.6 Å². The summed E-state index contributed by atoms with van der Waals surface area (Å²) in [6, 6.07) is 10.2. The van der Waals surface area contributed by atoms with E-state index in [2.05, 4.69) is 19.9 Å². The summed E-state index contributed by atoms with van der Waals surface area (Å²) in [6.07, 6.45) is 0. The second-order valence-electron chi connectivity index (χ2n) is 6.08. The standard InChI is InChI=1S/C17H17ClFNO/c1-17(2)9-21-15-6-4-10(7-12(15)17)16(20)11-3-5-13(18)14(19)8-11/h3-8,16H,9,20H2,1-2H3. The Kier molecular flexibility index (Phi) is 3.42. The van der Waals surface area contributed by atoms with E-state index in [4.69, 9.17) is 22.1 Å². The molecule has 3 rings (SSSR count). The van der Waals surface area contributed by atoms with Crippen LogP contribution in [-0.4, -0.2) is 6.61 Å². The zero-order chi connectivity index (χ0) is 15.2. The molecule has 2 aromatic carbocycles. The molecule has 2 nitrogen and oxygen atoms in total. The van der Waals surface area contributed by atoms with E-state index in [1.807, 2.05) is 12.1 Å². The van der Waals surface area contributed by atoms with Crippen LogP contribution in [0.4, 0.5) is 4.39 Å². The number of hydrogen-bond donors (Lipinski definition) is 1. The van der Waals surface area contributed by atoms with Crippen LogP contribution in [0, 0.1) is 5.82 Å². The van der Waals surface area contributed by atoms with Crippen LogP contribution in [0.15, 0.2) is 36.4 Å². The highest BCUT2D eigenvalue weighted by Crippen LogP contribution is 2.40. The van der Waals surface area contributed by atoms with Gasteiger partial charge in [0.05, 0.1) is 17.7 Å². The van der Waals surface area contributed by atoms with E-state index >= 15 is 0 Å². The summed E-state index contributed by atoms with van der Waals surface area (Å²) in [6.45, 7) is 4.93. The van der Waals surface area contributed by atoms with Crippen molar-refractivity contribution in [3.05, 3.63) is 63.9 Å². The van der Waals surface area contributed by atoms with Crippen LogP contribution >= 0.6 is 11.6 Å². The second kappa shape index (κ2) is 5.00. The quantitative estimate of drug-likeness (QED) is 0.902. The Morgan fingerprint density at radius 1 is 1.19 bits per heavy atom. The highest BCUT2D eigenvalue weighted by Gasteiger charge is 2.32. The first kappa shape index (κ1) is 14.4. The van der Waals surface area contributed by atoms with Gasteiger partial charge in [0.25, 0.3) is 0 Å². The van der Waals surface area contributed by atoms with Crippen molar-refractivity contribution in [3.8, 4) is 5.75 Å². The van der Waals surface area contributed by atoms with Crippen molar-refractivity contribution in [2.45, 2.75) is 25.3 Å². The highest BCUT2D eigenvalue weighted by molar-refractivity contribution is 6.30. The number of hydrogen-bond acceptors (Lipinski definition) is 2. The van der Waals surface area contributed by atoms with Crippen molar-refractivity contribution in [2.24, 2.45) is 5.73 Å². The van der Waals surface area contributed by atoms with Gasteiger partial charge in [-0.2, -0.15) is 0 Å². The van der Waals surface area contributed by atoms with Gasteiger partial charge in [-0.15, -0.1) is 0 Å². The van der Waals surface area contributed by atoms with E-state index < -0.39 is 11.9 Å². The van der Waals surface area contributed by atoms with Gasteiger partial charge in [0, 0.05) is 11.0 Å². The van der Waals surface area contributed by atoms with Crippen molar-refractivity contribution in [2.75, 3.05) is 6.61 Å². The molecule has 0 bridgehead atoms. The average molecular weight is 306 g/mol. The Morgan fingerprint density at radius 2 is 1.86 bits per heavy atom. The van der Waals surface area contributed by atoms with Crippen molar-refractivity contribution in [1.29, 1.82) is 0 Å². The van der Waals surface area contributed by atoms with Gasteiger partial charge in [-0.1, -0.05) is 37.6 Å². The first-order valence-corrected chi connectivity index (χ1v) is 7.24. The number of ether oxygens (including phenoxy) is 1. The van der Waals surface area contributed by atoms with Crippen LogP contribution in [0.25, 0.3) is 0 Å². The van der Waals surface area contributed by atoms with Crippen LogP contribution in [0.2, 0.25) is 5.02 Å². The molecule has 1 aliphatic rings. The summed E-state index contributed by atoms with van der Waals surface area (Å²) in [7, 11) is 0. The van der Waals surface area contributed by atoms with Gasteiger partial charge in [-0.25, -0.2) is 4.39 Å². The van der Waals surface area contributed by atoms with E-state index in [0.717, 1.165) is 16.9 Å². The van der Waals surface area contributed by atoms with Gasteiger partial charge in [0.1, 0.15) is 11.6 Å². The minimum Gasteiger partial charge on any atom is -0.492 e. The summed E-state index contributed by atoms with van der Waals surface area (Å²) in [5.41, 5.74) is 9.02. The molecule has 0 saturated carbocycles. The Morgan fingerprint density at radius 3 is 2.57 bits per heavy atom. The lowest BCUT2D eigenvalue weighted by molar-refractivity contribution is 0.291. The molecule has 0 amide bonds. The molecule has 1 unspecified atom stereocenters. The third-order valence-corrected chi connectivity index (χ3v) is 4.29. The van der Waals surface area contributed by atoms with Gasteiger partial charge in [-0.05, 0) is 35.4 Å². The first-order valence-electron chi connectivity index (χ1n) is 6.86. The number of rotatable bonds is 2. The maximum absolute atomic E-state index is 13.6. The molecular weight excluding hydrogens is 289 g/mol. The molecule has 110 valence electrons. The van der Waals surface area contributed by atoms with Gasteiger partial charge in [0.2, 0.25) is 0 Å². The van der Waals surface area contributed by atoms with Crippen molar-refractivity contribution in [1.82, 2.24) is 0 Å². The Bertz CT molecular complexity index is 699. The average Bonchev–Trinajstić information content (AvgIpc) is 2.76. The van der Waals surface area contributed by atoms with Gasteiger partial charge in [-0.3, -0.25) is 0 Å². The van der Waals surface area contributed by atoms with E-state index in [1.54, 1.807) is 6.07 Å².